The van der Waals surface area contributed by atoms with Crippen LogP contribution in [0.25, 0.3) is 5.52 Å². The fourth-order valence-corrected chi connectivity index (χ4v) is 1.29. The topological polar surface area (TPSA) is 42.2 Å². The maximum Gasteiger partial charge on any atom is 0.152 e. The van der Waals surface area contributed by atoms with E-state index in [1.807, 2.05) is 18.3 Å². The van der Waals surface area contributed by atoms with Crippen LogP contribution in [0.1, 0.15) is 6.42 Å². The number of aromatic nitrogens is 3. The van der Waals surface area contributed by atoms with Crippen LogP contribution >= 0.6 is 0 Å². The lowest BCUT2D eigenvalue weighted by molar-refractivity contribution is 0.940. The zero-order valence-electron chi connectivity index (χ0n) is 7.85. The molecule has 0 amide bonds. The molecule has 14 heavy (non-hydrogen) atoms. The Labute approximate surface area is 82.3 Å². The number of hydrogen-bond donors (Lipinski definition) is 1. The van der Waals surface area contributed by atoms with Crippen molar-refractivity contribution in [3.8, 4) is 0 Å². The minimum absolute atomic E-state index is 0.849. The maximum atomic E-state index is 4.24. The molecule has 2 aromatic heterocycles. The van der Waals surface area contributed by atoms with Crippen molar-refractivity contribution in [2.24, 2.45) is 0 Å². The fraction of sp³-hybridized carbons (Fsp3) is 0.200. The van der Waals surface area contributed by atoms with Gasteiger partial charge in [-0.05, 0) is 12.5 Å². The SMILES string of the molecule is C=CCCNc1nccn2nccc12. The molecule has 2 heterocycles. The molecular formula is C10H12N4. The van der Waals surface area contributed by atoms with E-state index in [1.54, 1.807) is 16.9 Å². The van der Waals surface area contributed by atoms with Gasteiger partial charge in [0.25, 0.3) is 0 Å². The summed E-state index contributed by atoms with van der Waals surface area (Å²) in [5, 5.41) is 7.36. The van der Waals surface area contributed by atoms with Gasteiger partial charge in [0, 0.05) is 18.9 Å². The number of rotatable bonds is 4. The van der Waals surface area contributed by atoms with Gasteiger partial charge >= 0.3 is 0 Å². The summed E-state index contributed by atoms with van der Waals surface area (Å²) < 4.78 is 1.79. The Bertz CT molecular complexity index is 432. The van der Waals surface area contributed by atoms with Gasteiger partial charge in [0.05, 0.1) is 6.20 Å². The smallest absolute Gasteiger partial charge is 0.152 e. The lowest BCUT2D eigenvalue weighted by Gasteiger charge is -2.04. The molecule has 4 nitrogen and oxygen atoms in total. The normalized spacial score (nSPS) is 10.3. The van der Waals surface area contributed by atoms with E-state index in [0.29, 0.717) is 0 Å². The zero-order chi connectivity index (χ0) is 9.80. The van der Waals surface area contributed by atoms with Gasteiger partial charge in [0.1, 0.15) is 5.52 Å². The van der Waals surface area contributed by atoms with Crippen molar-refractivity contribution in [2.45, 2.75) is 6.42 Å². The van der Waals surface area contributed by atoms with Crippen molar-refractivity contribution in [1.82, 2.24) is 14.6 Å². The highest BCUT2D eigenvalue weighted by Gasteiger charge is 2.00. The van der Waals surface area contributed by atoms with Crippen LogP contribution in [0.5, 0.6) is 0 Å². The zero-order valence-corrected chi connectivity index (χ0v) is 7.85. The Balaban J connectivity index is 2.23. The second-order valence-electron chi connectivity index (χ2n) is 2.94. The van der Waals surface area contributed by atoms with Gasteiger partial charge in [-0.2, -0.15) is 5.10 Å². The molecule has 0 saturated heterocycles. The predicted molar refractivity (Wildman–Crippen MR) is 56.3 cm³/mol. The molecule has 4 heteroatoms. The molecule has 0 bridgehead atoms. The molecule has 0 radical (unpaired) electrons. The first kappa shape index (κ1) is 8.74. The average Bonchev–Trinajstić information content (AvgIpc) is 2.67. The standard InChI is InChI=1S/C10H12N4/c1-2-3-5-11-10-9-4-6-13-14(9)8-7-12-10/h2,4,6-8H,1,3,5H2,(H,11,12). The summed E-state index contributed by atoms with van der Waals surface area (Å²) in [6.07, 6.45) is 8.13. The summed E-state index contributed by atoms with van der Waals surface area (Å²) in [4.78, 5) is 4.24. The molecule has 0 unspecified atom stereocenters. The number of nitrogens with one attached hydrogen (secondary N) is 1. The van der Waals surface area contributed by atoms with E-state index in [2.05, 4.69) is 22.0 Å². The molecule has 0 aliphatic rings. The quantitative estimate of drug-likeness (QED) is 0.586. The van der Waals surface area contributed by atoms with Crippen LogP contribution in [-0.4, -0.2) is 21.1 Å². The van der Waals surface area contributed by atoms with Crippen molar-refractivity contribution < 1.29 is 0 Å². The highest BCUT2D eigenvalue weighted by molar-refractivity contribution is 5.66. The monoisotopic (exact) mass is 188 g/mol. The summed E-state index contributed by atoms with van der Waals surface area (Å²) in [5.41, 5.74) is 0.997. The highest BCUT2D eigenvalue weighted by Crippen LogP contribution is 2.11. The van der Waals surface area contributed by atoms with Crippen LogP contribution < -0.4 is 5.32 Å². The van der Waals surface area contributed by atoms with Crippen LogP contribution in [0.3, 0.4) is 0 Å². The van der Waals surface area contributed by atoms with Gasteiger partial charge in [-0.25, -0.2) is 9.50 Å². The molecular weight excluding hydrogens is 176 g/mol. The molecule has 0 aliphatic carbocycles. The molecule has 0 saturated carbocycles. The molecule has 0 spiro atoms. The fourth-order valence-electron chi connectivity index (χ4n) is 1.29. The molecule has 2 aromatic rings. The maximum absolute atomic E-state index is 4.24. The minimum Gasteiger partial charge on any atom is -0.368 e. The van der Waals surface area contributed by atoms with Crippen molar-refractivity contribution in [1.29, 1.82) is 0 Å². The summed E-state index contributed by atoms with van der Waals surface area (Å²) in [6.45, 7) is 4.51. The van der Waals surface area contributed by atoms with Gasteiger partial charge in [-0.3, -0.25) is 0 Å². The van der Waals surface area contributed by atoms with Gasteiger partial charge in [-0.15, -0.1) is 6.58 Å². The second-order valence-corrected chi connectivity index (χ2v) is 2.94. The van der Waals surface area contributed by atoms with E-state index >= 15 is 0 Å². The predicted octanol–water partition coefficient (Wildman–Crippen LogP) is 1.72. The van der Waals surface area contributed by atoms with E-state index in [0.717, 1.165) is 24.3 Å². The second kappa shape index (κ2) is 3.91. The highest BCUT2D eigenvalue weighted by atomic mass is 15.2. The van der Waals surface area contributed by atoms with Gasteiger partial charge in [0.15, 0.2) is 5.82 Å². The van der Waals surface area contributed by atoms with E-state index < -0.39 is 0 Å². The van der Waals surface area contributed by atoms with Gasteiger partial charge < -0.3 is 5.32 Å². The summed E-state index contributed by atoms with van der Waals surface area (Å²) in [7, 11) is 0. The number of anilines is 1. The molecule has 0 aliphatic heterocycles. The van der Waals surface area contributed by atoms with Crippen LogP contribution in [0, 0.1) is 0 Å². The average molecular weight is 188 g/mol. The minimum atomic E-state index is 0.849. The third-order valence-electron chi connectivity index (χ3n) is 1.97. The molecule has 0 atom stereocenters. The summed E-state index contributed by atoms with van der Waals surface area (Å²) >= 11 is 0. The Kier molecular flexibility index (Phi) is 2.44. The van der Waals surface area contributed by atoms with E-state index in [4.69, 9.17) is 0 Å². The Morgan fingerprint density at radius 2 is 2.43 bits per heavy atom. The molecule has 72 valence electrons. The molecule has 0 aromatic carbocycles. The van der Waals surface area contributed by atoms with Crippen LogP contribution in [0.4, 0.5) is 5.82 Å². The Hall–Kier alpha value is -1.84. The molecule has 0 fully saturated rings. The number of fused-ring (bicyclic) bond motifs is 1. The van der Waals surface area contributed by atoms with Crippen molar-refractivity contribution in [3.05, 3.63) is 37.3 Å². The van der Waals surface area contributed by atoms with Gasteiger partial charge in [0.2, 0.25) is 0 Å². The molecule has 1 N–H and O–H groups in total. The largest absolute Gasteiger partial charge is 0.368 e. The lowest BCUT2D eigenvalue weighted by Crippen LogP contribution is -2.04. The summed E-state index contributed by atoms with van der Waals surface area (Å²) in [6, 6.07) is 1.93. The van der Waals surface area contributed by atoms with Crippen LogP contribution in [0.2, 0.25) is 0 Å². The molecule has 2 rings (SSSR count). The first-order valence-corrected chi connectivity index (χ1v) is 4.55. The van der Waals surface area contributed by atoms with Gasteiger partial charge in [-0.1, -0.05) is 6.08 Å². The third kappa shape index (κ3) is 1.59. The number of hydrogen-bond acceptors (Lipinski definition) is 3. The van der Waals surface area contributed by atoms with Crippen LogP contribution in [0.15, 0.2) is 37.3 Å². The first-order chi connectivity index (χ1) is 6.92. The van der Waals surface area contributed by atoms with Crippen molar-refractivity contribution in [2.75, 3.05) is 11.9 Å². The first-order valence-electron chi connectivity index (χ1n) is 4.55. The third-order valence-corrected chi connectivity index (χ3v) is 1.97. The van der Waals surface area contributed by atoms with Crippen LogP contribution in [-0.2, 0) is 0 Å². The number of nitrogens with zero attached hydrogens (tertiary/aromatic N) is 3. The van der Waals surface area contributed by atoms with Crippen molar-refractivity contribution in [3.63, 3.8) is 0 Å². The Morgan fingerprint density at radius 1 is 1.50 bits per heavy atom. The summed E-state index contributed by atoms with van der Waals surface area (Å²) in [5.74, 6) is 0.867. The Morgan fingerprint density at radius 3 is 3.29 bits per heavy atom. The van der Waals surface area contributed by atoms with E-state index in [9.17, 15) is 0 Å². The van der Waals surface area contributed by atoms with E-state index in [-0.39, 0.29) is 0 Å². The van der Waals surface area contributed by atoms with Crippen molar-refractivity contribution >= 4 is 11.3 Å². The van der Waals surface area contributed by atoms with E-state index in [1.165, 1.54) is 0 Å². The lowest BCUT2D eigenvalue weighted by atomic mass is 10.4.